The molecule has 0 aliphatic carbocycles. The van der Waals surface area contributed by atoms with E-state index in [2.05, 4.69) is 25.8 Å². The zero-order valence-electron chi connectivity index (χ0n) is 9.24. The molecule has 2 nitrogen and oxygen atoms in total. The lowest BCUT2D eigenvalue weighted by Gasteiger charge is -2.14. The van der Waals surface area contributed by atoms with E-state index in [4.69, 9.17) is 5.73 Å². The van der Waals surface area contributed by atoms with Gasteiger partial charge in [0, 0.05) is 5.25 Å². The SMILES string of the molecule is Cc1nc(SC(C)C(C)C)ccc1N. The fourth-order valence-corrected chi connectivity index (χ4v) is 1.93. The maximum absolute atomic E-state index is 5.71. The summed E-state index contributed by atoms with van der Waals surface area (Å²) < 4.78 is 0. The number of hydrogen-bond acceptors (Lipinski definition) is 3. The van der Waals surface area contributed by atoms with E-state index in [0.717, 1.165) is 16.4 Å². The number of nitrogen functional groups attached to an aromatic ring is 1. The van der Waals surface area contributed by atoms with Crippen LogP contribution in [0.25, 0.3) is 0 Å². The van der Waals surface area contributed by atoms with Crippen molar-refractivity contribution >= 4 is 17.4 Å². The zero-order valence-corrected chi connectivity index (χ0v) is 10.1. The van der Waals surface area contributed by atoms with E-state index in [1.807, 2.05) is 30.8 Å². The Labute approximate surface area is 90.3 Å². The summed E-state index contributed by atoms with van der Waals surface area (Å²) in [5.41, 5.74) is 7.40. The number of nitrogens with zero attached hydrogens (tertiary/aromatic N) is 1. The van der Waals surface area contributed by atoms with Crippen LogP contribution in [0.5, 0.6) is 0 Å². The molecule has 0 radical (unpaired) electrons. The summed E-state index contributed by atoms with van der Waals surface area (Å²) in [7, 11) is 0. The third-order valence-corrected chi connectivity index (χ3v) is 3.73. The molecule has 1 aromatic heterocycles. The number of rotatable bonds is 3. The number of aryl methyl sites for hydroxylation is 1. The molecule has 0 saturated heterocycles. The number of aromatic nitrogens is 1. The van der Waals surface area contributed by atoms with Crippen LogP contribution in [0.1, 0.15) is 26.5 Å². The van der Waals surface area contributed by atoms with Crippen molar-refractivity contribution in [1.82, 2.24) is 4.98 Å². The highest BCUT2D eigenvalue weighted by Crippen LogP contribution is 2.27. The molecular weight excluding hydrogens is 192 g/mol. The second-order valence-corrected chi connectivity index (χ2v) is 5.29. The summed E-state index contributed by atoms with van der Waals surface area (Å²) in [5.74, 6) is 0.666. The van der Waals surface area contributed by atoms with Gasteiger partial charge in [-0.2, -0.15) is 0 Å². The highest BCUT2D eigenvalue weighted by atomic mass is 32.2. The fourth-order valence-electron chi connectivity index (χ4n) is 0.941. The molecule has 1 atom stereocenters. The molecule has 0 amide bonds. The summed E-state index contributed by atoms with van der Waals surface area (Å²) in [6.45, 7) is 8.62. The normalized spacial score (nSPS) is 13.2. The molecule has 0 aromatic carbocycles. The number of thioether (sulfide) groups is 1. The molecule has 0 aliphatic rings. The first kappa shape index (κ1) is 11.4. The Morgan fingerprint density at radius 1 is 1.29 bits per heavy atom. The Balaban J connectivity index is 2.73. The van der Waals surface area contributed by atoms with Gasteiger partial charge in [-0.1, -0.05) is 20.8 Å². The lowest BCUT2D eigenvalue weighted by Crippen LogP contribution is -2.06. The highest BCUT2D eigenvalue weighted by molar-refractivity contribution is 7.99. The molecule has 3 heteroatoms. The van der Waals surface area contributed by atoms with E-state index in [0.29, 0.717) is 11.2 Å². The molecule has 1 aromatic rings. The van der Waals surface area contributed by atoms with E-state index in [1.165, 1.54) is 0 Å². The van der Waals surface area contributed by atoms with E-state index >= 15 is 0 Å². The van der Waals surface area contributed by atoms with Gasteiger partial charge in [0.25, 0.3) is 0 Å². The third kappa shape index (κ3) is 2.91. The zero-order chi connectivity index (χ0) is 10.7. The van der Waals surface area contributed by atoms with E-state index in [1.54, 1.807) is 0 Å². The van der Waals surface area contributed by atoms with Gasteiger partial charge in [-0.05, 0) is 25.0 Å². The Morgan fingerprint density at radius 3 is 2.43 bits per heavy atom. The smallest absolute Gasteiger partial charge is 0.0967 e. The van der Waals surface area contributed by atoms with Crippen molar-refractivity contribution in [3.05, 3.63) is 17.8 Å². The lowest BCUT2D eigenvalue weighted by atomic mass is 10.2. The van der Waals surface area contributed by atoms with Gasteiger partial charge in [0.05, 0.1) is 16.4 Å². The molecule has 14 heavy (non-hydrogen) atoms. The van der Waals surface area contributed by atoms with Gasteiger partial charge in [0.15, 0.2) is 0 Å². The largest absolute Gasteiger partial charge is 0.397 e. The third-order valence-electron chi connectivity index (χ3n) is 2.35. The first-order chi connectivity index (χ1) is 6.50. The molecule has 0 spiro atoms. The average molecular weight is 210 g/mol. The van der Waals surface area contributed by atoms with Gasteiger partial charge < -0.3 is 5.73 Å². The van der Waals surface area contributed by atoms with E-state index in [9.17, 15) is 0 Å². The van der Waals surface area contributed by atoms with Gasteiger partial charge in [-0.15, -0.1) is 11.8 Å². The van der Waals surface area contributed by atoms with E-state index < -0.39 is 0 Å². The lowest BCUT2D eigenvalue weighted by molar-refractivity contribution is 0.641. The van der Waals surface area contributed by atoms with Crippen molar-refractivity contribution in [2.45, 2.75) is 38.0 Å². The van der Waals surface area contributed by atoms with Crippen molar-refractivity contribution in [1.29, 1.82) is 0 Å². The van der Waals surface area contributed by atoms with Crippen LogP contribution in [0.4, 0.5) is 5.69 Å². The molecule has 1 rings (SSSR count). The highest BCUT2D eigenvalue weighted by Gasteiger charge is 2.09. The first-order valence-corrected chi connectivity index (χ1v) is 5.78. The molecule has 1 unspecified atom stereocenters. The quantitative estimate of drug-likeness (QED) is 0.779. The van der Waals surface area contributed by atoms with Crippen LogP contribution < -0.4 is 5.73 Å². The Kier molecular flexibility index (Phi) is 3.81. The molecule has 78 valence electrons. The summed E-state index contributed by atoms with van der Waals surface area (Å²) in [5, 5.41) is 1.66. The van der Waals surface area contributed by atoms with Crippen molar-refractivity contribution in [3.8, 4) is 0 Å². The van der Waals surface area contributed by atoms with Gasteiger partial charge >= 0.3 is 0 Å². The Bertz CT molecular complexity index is 310. The predicted octanol–water partition coefficient (Wildman–Crippen LogP) is 3.11. The van der Waals surface area contributed by atoms with Crippen molar-refractivity contribution in [2.24, 2.45) is 5.92 Å². The second kappa shape index (κ2) is 4.69. The molecule has 0 fully saturated rings. The molecular formula is C11H18N2S. The van der Waals surface area contributed by atoms with Crippen LogP contribution in [-0.4, -0.2) is 10.2 Å². The fraction of sp³-hybridized carbons (Fsp3) is 0.545. The minimum absolute atomic E-state index is 0.588. The van der Waals surface area contributed by atoms with Gasteiger partial charge in [0.2, 0.25) is 0 Å². The van der Waals surface area contributed by atoms with Crippen molar-refractivity contribution in [3.63, 3.8) is 0 Å². The van der Waals surface area contributed by atoms with Gasteiger partial charge in [-0.25, -0.2) is 4.98 Å². The van der Waals surface area contributed by atoms with Crippen LogP contribution >= 0.6 is 11.8 Å². The minimum atomic E-state index is 0.588. The van der Waals surface area contributed by atoms with Crippen LogP contribution in [0.3, 0.4) is 0 Å². The molecule has 0 saturated carbocycles. The summed E-state index contributed by atoms with van der Waals surface area (Å²) in [6.07, 6.45) is 0. The summed E-state index contributed by atoms with van der Waals surface area (Å²) in [4.78, 5) is 4.43. The van der Waals surface area contributed by atoms with Crippen LogP contribution in [0, 0.1) is 12.8 Å². The van der Waals surface area contributed by atoms with Gasteiger partial charge in [0.1, 0.15) is 0 Å². The monoisotopic (exact) mass is 210 g/mol. The van der Waals surface area contributed by atoms with Crippen LogP contribution in [0.2, 0.25) is 0 Å². The predicted molar refractivity (Wildman–Crippen MR) is 63.5 cm³/mol. The van der Waals surface area contributed by atoms with Gasteiger partial charge in [-0.3, -0.25) is 0 Å². The number of hydrogen-bond donors (Lipinski definition) is 1. The Morgan fingerprint density at radius 2 is 1.93 bits per heavy atom. The van der Waals surface area contributed by atoms with Crippen molar-refractivity contribution in [2.75, 3.05) is 5.73 Å². The van der Waals surface area contributed by atoms with E-state index in [-0.39, 0.29) is 0 Å². The maximum Gasteiger partial charge on any atom is 0.0967 e. The van der Waals surface area contributed by atoms with Crippen molar-refractivity contribution < 1.29 is 0 Å². The maximum atomic E-state index is 5.71. The number of nitrogens with two attached hydrogens (primary N) is 1. The molecule has 0 bridgehead atoms. The Hall–Kier alpha value is -0.700. The standard InChI is InChI=1S/C11H18N2S/c1-7(2)9(4)14-11-6-5-10(12)8(3)13-11/h5-7,9H,12H2,1-4H3. The molecule has 2 N–H and O–H groups in total. The summed E-state index contributed by atoms with van der Waals surface area (Å²) in [6, 6.07) is 3.92. The second-order valence-electron chi connectivity index (χ2n) is 3.89. The van der Waals surface area contributed by atoms with Crippen LogP contribution in [-0.2, 0) is 0 Å². The van der Waals surface area contributed by atoms with Crippen LogP contribution in [0.15, 0.2) is 17.2 Å². The number of anilines is 1. The minimum Gasteiger partial charge on any atom is -0.397 e. The average Bonchev–Trinajstić information content (AvgIpc) is 2.11. The first-order valence-electron chi connectivity index (χ1n) is 4.90. The number of pyridine rings is 1. The molecule has 0 aliphatic heterocycles. The summed E-state index contributed by atoms with van der Waals surface area (Å²) >= 11 is 1.81. The topological polar surface area (TPSA) is 38.9 Å². The molecule has 1 heterocycles.